The molecule has 1 aliphatic carbocycles. The zero-order valence-electron chi connectivity index (χ0n) is 20.8. The van der Waals surface area contributed by atoms with Crippen molar-refractivity contribution in [2.75, 3.05) is 29.4 Å². The fourth-order valence-electron chi connectivity index (χ4n) is 5.24. The predicted molar refractivity (Wildman–Crippen MR) is 141 cm³/mol. The Balaban J connectivity index is 1.15. The first-order chi connectivity index (χ1) is 18.3. The molecular weight excluding hydrogens is 513 g/mol. The first-order valence-electron chi connectivity index (χ1n) is 13.0. The minimum absolute atomic E-state index is 0.0469. The van der Waals surface area contributed by atoms with Gasteiger partial charge in [0, 0.05) is 51.5 Å². The van der Waals surface area contributed by atoms with Crippen LogP contribution >= 0.6 is 11.3 Å². The van der Waals surface area contributed by atoms with Crippen molar-refractivity contribution in [3.63, 3.8) is 0 Å². The van der Waals surface area contributed by atoms with Crippen molar-refractivity contribution in [3.8, 4) is 5.75 Å². The summed E-state index contributed by atoms with van der Waals surface area (Å²) in [5.41, 5.74) is 0.522. The smallest absolute Gasteiger partial charge is 0.416 e. The van der Waals surface area contributed by atoms with Gasteiger partial charge in [-0.25, -0.2) is 4.98 Å². The molecule has 3 aliphatic rings. The molecule has 1 saturated heterocycles. The van der Waals surface area contributed by atoms with E-state index in [2.05, 4.69) is 20.1 Å². The average Bonchev–Trinajstić information content (AvgIpc) is 3.61. The lowest BCUT2D eigenvalue weighted by atomic mass is 9.88. The molecule has 6 rings (SSSR count). The van der Waals surface area contributed by atoms with Crippen molar-refractivity contribution >= 4 is 28.1 Å². The molecule has 0 unspecified atom stereocenters. The van der Waals surface area contributed by atoms with Gasteiger partial charge in [-0.05, 0) is 42.7 Å². The number of nitrogens with one attached hydrogen (secondary N) is 1. The van der Waals surface area contributed by atoms with Crippen LogP contribution in [0.4, 0.5) is 24.0 Å². The molecule has 10 heteroatoms. The molecule has 6 nitrogen and oxygen atoms in total. The SMILES string of the molecule is O=C(NC1CC1)c1cnc(N2CCC3(CC2)CCN(Cc2cccc(C(F)(F)F)c2)c2ccccc2O3)s1. The van der Waals surface area contributed by atoms with Gasteiger partial charge in [-0.3, -0.25) is 4.79 Å². The number of carbonyl (C=O) groups is 1. The number of alkyl halides is 3. The minimum Gasteiger partial charge on any atom is -0.485 e. The molecule has 200 valence electrons. The highest BCUT2D eigenvalue weighted by molar-refractivity contribution is 7.17. The van der Waals surface area contributed by atoms with E-state index in [0.717, 1.165) is 67.8 Å². The van der Waals surface area contributed by atoms with Crippen LogP contribution in [0.15, 0.2) is 54.7 Å². The molecule has 2 fully saturated rings. The summed E-state index contributed by atoms with van der Waals surface area (Å²) in [6.07, 6.45) is 1.74. The topological polar surface area (TPSA) is 57.7 Å². The van der Waals surface area contributed by atoms with E-state index >= 15 is 0 Å². The zero-order chi connectivity index (χ0) is 26.3. The van der Waals surface area contributed by atoms with Gasteiger partial charge in [0.2, 0.25) is 0 Å². The number of thiazole rings is 1. The van der Waals surface area contributed by atoms with Gasteiger partial charge in [-0.15, -0.1) is 0 Å². The maximum absolute atomic E-state index is 13.3. The third-order valence-corrected chi connectivity index (χ3v) is 8.63. The fraction of sp³-hybridized carbons (Fsp3) is 0.429. The largest absolute Gasteiger partial charge is 0.485 e. The Morgan fingerprint density at radius 1 is 1.08 bits per heavy atom. The van der Waals surface area contributed by atoms with Gasteiger partial charge in [0.05, 0.1) is 17.4 Å². The Morgan fingerprint density at radius 2 is 1.84 bits per heavy atom. The van der Waals surface area contributed by atoms with Gasteiger partial charge in [-0.1, -0.05) is 35.6 Å². The molecule has 0 radical (unpaired) electrons. The minimum atomic E-state index is -4.37. The first-order valence-corrected chi connectivity index (χ1v) is 13.8. The number of halogens is 3. The summed E-state index contributed by atoms with van der Waals surface area (Å²) in [4.78, 5) is 21.9. The number of hydrogen-bond acceptors (Lipinski definition) is 6. The average molecular weight is 543 g/mol. The molecule has 3 aromatic rings. The van der Waals surface area contributed by atoms with Crippen LogP contribution in [0.1, 0.15) is 52.9 Å². The summed E-state index contributed by atoms with van der Waals surface area (Å²) in [6, 6.07) is 13.6. The molecule has 1 amide bonds. The Kier molecular flexibility index (Phi) is 6.45. The van der Waals surface area contributed by atoms with Gasteiger partial charge >= 0.3 is 6.18 Å². The second-order valence-electron chi connectivity index (χ2n) is 10.4. The van der Waals surface area contributed by atoms with Gasteiger partial charge in [-0.2, -0.15) is 13.2 Å². The highest BCUT2D eigenvalue weighted by Crippen LogP contribution is 2.42. The Labute approximate surface area is 223 Å². The third kappa shape index (κ3) is 5.32. The van der Waals surface area contributed by atoms with Gasteiger partial charge < -0.3 is 19.9 Å². The molecule has 0 bridgehead atoms. The molecule has 1 aromatic heterocycles. The van der Waals surface area contributed by atoms with Crippen LogP contribution < -0.4 is 19.9 Å². The van der Waals surface area contributed by atoms with Crippen molar-refractivity contribution < 1.29 is 22.7 Å². The number of nitrogens with zero attached hydrogens (tertiary/aromatic N) is 3. The van der Waals surface area contributed by atoms with Crippen molar-refractivity contribution in [3.05, 3.63) is 70.7 Å². The van der Waals surface area contributed by atoms with Crippen molar-refractivity contribution in [2.45, 2.75) is 56.5 Å². The van der Waals surface area contributed by atoms with E-state index in [9.17, 15) is 18.0 Å². The van der Waals surface area contributed by atoms with E-state index in [1.54, 1.807) is 12.3 Å². The number of amides is 1. The Hall–Kier alpha value is -3.27. The number of hydrogen-bond donors (Lipinski definition) is 1. The number of ether oxygens (including phenoxy) is 1. The van der Waals surface area contributed by atoms with E-state index in [1.807, 2.05) is 24.3 Å². The number of piperidine rings is 1. The third-order valence-electron chi connectivity index (χ3n) is 7.57. The summed E-state index contributed by atoms with van der Waals surface area (Å²) in [5, 5.41) is 3.86. The molecular formula is C28H29F3N4O2S. The number of fused-ring (bicyclic) bond motifs is 1. The van der Waals surface area contributed by atoms with Crippen LogP contribution in [0, 0.1) is 0 Å². The maximum Gasteiger partial charge on any atom is 0.416 e. The highest BCUT2D eigenvalue weighted by atomic mass is 32.1. The molecule has 2 aliphatic heterocycles. The number of anilines is 2. The van der Waals surface area contributed by atoms with Crippen molar-refractivity contribution in [1.82, 2.24) is 10.3 Å². The zero-order valence-corrected chi connectivity index (χ0v) is 21.7. The Bertz CT molecular complexity index is 1320. The van der Waals surface area contributed by atoms with Gasteiger partial charge in [0.25, 0.3) is 5.91 Å². The number of para-hydroxylation sites is 2. The van der Waals surface area contributed by atoms with Crippen LogP contribution in [0.25, 0.3) is 0 Å². The van der Waals surface area contributed by atoms with Gasteiger partial charge in [0.1, 0.15) is 16.2 Å². The number of rotatable bonds is 5. The predicted octanol–water partition coefficient (Wildman–Crippen LogP) is 5.88. The molecule has 1 saturated carbocycles. The van der Waals surface area contributed by atoms with Crippen LogP contribution in [-0.2, 0) is 12.7 Å². The molecule has 2 aromatic carbocycles. The van der Waals surface area contributed by atoms with Crippen LogP contribution in [-0.4, -0.2) is 42.2 Å². The monoisotopic (exact) mass is 542 g/mol. The molecule has 1 spiro atoms. The van der Waals surface area contributed by atoms with Crippen molar-refractivity contribution in [1.29, 1.82) is 0 Å². The maximum atomic E-state index is 13.3. The lowest BCUT2D eigenvalue weighted by Crippen LogP contribution is -2.48. The van der Waals surface area contributed by atoms with E-state index in [4.69, 9.17) is 4.74 Å². The number of carbonyl (C=O) groups excluding carboxylic acids is 1. The van der Waals surface area contributed by atoms with E-state index < -0.39 is 11.7 Å². The number of aromatic nitrogens is 1. The standard InChI is InChI=1S/C28H29F3N4O2S/c29-28(30,31)20-5-3-4-19(16-20)18-35-15-12-27(37-23-7-2-1-6-22(23)35)10-13-34(14-11-27)26-32-17-24(38-26)25(36)33-21-8-9-21/h1-7,16-17,21H,8-15,18H2,(H,33,36). The summed E-state index contributed by atoms with van der Waals surface area (Å²) < 4.78 is 46.5. The molecule has 0 atom stereocenters. The lowest BCUT2D eigenvalue weighted by molar-refractivity contribution is -0.137. The highest BCUT2D eigenvalue weighted by Gasteiger charge is 2.40. The van der Waals surface area contributed by atoms with E-state index in [0.29, 0.717) is 29.6 Å². The summed E-state index contributed by atoms with van der Waals surface area (Å²) in [7, 11) is 0. The first kappa shape index (κ1) is 25.0. The summed E-state index contributed by atoms with van der Waals surface area (Å²) >= 11 is 1.42. The second-order valence-corrected chi connectivity index (χ2v) is 11.4. The summed E-state index contributed by atoms with van der Waals surface area (Å²) in [5.74, 6) is 0.716. The van der Waals surface area contributed by atoms with E-state index in [1.165, 1.54) is 23.5 Å². The Morgan fingerprint density at radius 3 is 2.61 bits per heavy atom. The van der Waals surface area contributed by atoms with Crippen LogP contribution in [0.5, 0.6) is 5.75 Å². The molecule has 1 N–H and O–H groups in total. The van der Waals surface area contributed by atoms with Gasteiger partial charge in [0.15, 0.2) is 5.13 Å². The van der Waals surface area contributed by atoms with Crippen molar-refractivity contribution in [2.24, 2.45) is 0 Å². The fourth-order valence-corrected chi connectivity index (χ4v) is 6.11. The van der Waals surface area contributed by atoms with Crippen LogP contribution in [0.2, 0.25) is 0 Å². The molecule has 3 heterocycles. The van der Waals surface area contributed by atoms with E-state index in [-0.39, 0.29) is 11.5 Å². The number of benzene rings is 2. The van der Waals surface area contributed by atoms with Crippen LogP contribution in [0.3, 0.4) is 0 Å². The summed E-state index contributed by atoms with van der Waals surface area (Å²) in [6.45, 7) is 2.56. The normalized spacial score (nSPS) is 19.0. The second kappa shape index (κ2) is 9.80. The molecule has 38 heavy (non-hydrogen) atoms. The lowest BCUT2D eigenvalue weighted by Gasteiger charge is -2.41. The quantitative estimate of drug-likeness (QED) is 0.436.